The van der Waals surface area contributed by atoms with Gasteiger partial charge in [-0.15, -0.1) is 23.1 Å². The SMILES string of the molecule is CN=C(NCCCSc1ccc(F)cc1)NCc1csc(C(C)C)n1. The summed E-state index contributed by atoms with van der Waals surface area (Å²) in [6.07, 6.45) is 0.997. The lowest BCUT2D eigenvalue weighted by molar-refractivity contribution is 0.626. The summed E-state index contributed by atoms with van der Waals surface area (Å²) in [5.74, 6) is 2.03. The number of nitrogens with zero attached hydrogens (tertiary/aromatic N) is 2. The average molecular weight is 381 g/mol. The molecule has 0 aliphatic carbocycles. The molecule has 0 saturated heterocycles. The van der Waals surface area contributed by atoms with Crippen molar-refractivity contribution in [3.8, 4) is 0 Å². The van der Waals surface area contributed by atoms with Crippen LogP contribution in [0.2, 0.25) is 0 Å². The minimum atomic E-state index is -0.193. The van der Waals surface area contributed by atoms with E-state index in [4.69, 9.17) is 0 Å². The average Bonchev–Trinajstić information content (AvgIpc) is 3.08. The molecule has 1 heterocycles. The van der Waals surface area contributed by atoms with Gasteiger partial charge < -0.3 is 10.6 Å². The molecule has 0 spiro atoms. The highest BCUT2D eigenvalue weighted by Crippen LogP contribution is 2.19. The van der Waals surface area contributed by atoms with Gasteiger partial charge in [0.1, 0.15) is 5.82 Å². The molecule has 0 bridgehead atoms. The lowest BCUT2D eigenvalue weighted by Crippen LogP contribution is -2.37. The number of aromatic nitrogens is 1. The normalized spacial score (nSPS) is 11.8. The van der Waals surface area contributed by atoms with E-state index in [1.54, 1.807) is 30.1 Å². The molecule has 2 aromatic rings. The van der Waals surface area contributed by atoms with Crippen LogP contribution in [0.4, 0.5) is 4.39 Å². The quantitative estimate of drug-likeness (QED) is 0.311. The number of hydrogen-bond donors (Lipinski definition) is 2. The molecule has 0 aliphatic rings. The molecular formula is C18H25FN4S2. The molecule has 0 fully saturated rings. The summed E-state index contributed by atoms with van der Waals surface area (Å²) < 4.78 is 12.9. The van der Waals surface area contributed by atoms with Crippen LogP contribution >= 0.6 is 23.1 Å². The molecule has 1 aromatic carbocycles. The number of thiazole rings is 1. The van der Waals surface area contributed by atoms with E-state index in [-0.39, 0.29) is 5.82 Å². The van der Waals surface area contributed by atoms with Gasteiger partial charge in [-0.05, 0) is 36.4 Å². The lowest BCUT2D eigenvalue weighted by Gasteiger charge is -2.11. The van der Waals surface area contributed by atoms with Crippen molar-refractivity contribution in [2.24, 2.45) is 4.99 Å². The van der Waals surface area contributed by atoms with Crippen LogP contribution in [0, 0.1) is 5.82 Å². The van der Waals surface area contributed by atoms with Crippen molar-refractivity contribution in [3.05, 3.63) is 46.2 Å². The zero-order valence-electron chi connectivity index (χ0n) is 14.9. The van der Waals surface area contributed by atoms with E-state index >= 15 is 0 Å². The second-order valence-electron chi connectivity index (χ2n) is 5.84. The first-order valence-electron chi connectivity index (χ1n) is 8.35. The smallest absolute Gasteiger partial charge is 0.191 e. The van der Waals surface area contributed by atoms with Gasteiger partial charge in [0.25, 0.3) is 0 Å². The fourth-order valence-corrected chi connectivity index (χ4v) is 3.75. The van der Waals surface area contributed by atoms with E-state index in [1.807, 2.05) is 12.1 Å². The minimum Gasteiger partial charge on any atom is -0.356 e. The number of hydrogen-bond acceptors (Lipinski definition) is 4. The Morgan fingerprint density at radius 1 is 1.28 bits per heavy atom. The third kappa shape index (κ3) is 7.04. The molecular weight excluding hydrogens is 355 g/mol. The predicted molar refractivity (Wildman–Crippen MR) is 106 cm³/mol. The topological polar surface area (TPSA) is 49.3 Å². The maximum absolute atomic E-state index is 12.9. The van der Waals surface area contributed by atoms with Crippen molar-refractivity contribution in [3.63, 3.8) is 0 Å². The molecule has 25 heavy (non-hydrogen) atoms. The standard InChI is InChI=1S/C18H25FN4S2/c1-13(2)17-23-15(12-25-17)11-22-18(20-3)21-9-4-10-24-16-7-5-14(19)6-8-16/h5-8,12-13H,4,9-11H2,1-3H3,(H2,20,21,22). The number of nitrogens with one attached hydrogen (secondary N) is 2. The molecule has 0 aliphatic heterocycles. The van der Waals surface area contributed by atoms with E-state index in [2.05, 4.69) is 39.8 Å². The maximum Gasteiger partial charge on any atom is 0.191 e. The molecule has 1 aromatic heterocycles. The van der Waals surface area contributed by atoms with Crippen LogP contribution in [0.3, 0.4) is 0 Å². The fourth-order valence-electron chi connectivity index (χ4n) is 2.06. The Labute approximate surface area is 157 Å². The van der Waals surface area contributed by atoms with Crippen LogP contribution in [0.25, 0.3) is 0 Å². The van der Waals surface area contributed by atoms with E-state index in [0.29, 0.717) is 12.5 Å². The summed E-state index contributed by atoms with van der Waals surface area (Å²) >= 11 is 3.43. The molecule has 7 heteroatoms. The molecule has 0 radical (unpaired) electrons. The predicted octanol–water partition coefficient (Wildman–Crippen LogP) is 4.25. The third-order valence-electron chi connectivity index (χ3n) is 3.42. The van der Waals surface area contributed by atoms with Crippen LogP contribution in [0.1, 0.15) is 36.9 Å². The lowest BCUT2D eigenvalue weighted by atomic mass is 10.2. The Bertz CT molecular complexity index is 668. The van der Waals surface area contributed by atoms with Gasteiger partial charge in [0.05, 0.1) is 17.2 Å². The van der Waals surface area contributed by atoms with Gasteiger partial charge in [0, 0.05) is 29.8 Å². The second-order valence-corrected chi connectivity index (χ2v) is 7.90. The van der Waals surface area contributed by atoms with Crippen molar-refractivity contribution in [1.29, 1.82) is 0 Å². The van der Waals surface area contributed by atoms with Gasteiger partial charge in [-0.1, -0.05) is 13.8 Å². The first-order chi connectivity index (χ1) is 12.1. The van der Waals surface area contributed by atoms with Crippen LogP contribution in [0.15, 0.2) is 39.5 Å². The molecule has 2 rings (SSSR count). The number of rotatable bonds is 8. The Balaban J connectivity index is 1.63. The van der Waals surface area contributed by atoms with E-state index < -0.39 is 0 Å². The van der Waals surface area contributed by atoms with Crippen LogP contribution in [-0.4, -0.2) is 30.3 Å². The van der Waals surface area contributed by atoms with E-state index in [1.165, 1.54) is 12.1 Å². The summed E-state index contributed by atoms with van der Waals surface area (Å²) in [4.78, 5) is 9.93. The van der Waals surface area contributed by atoms with Gasteiger partial charge in [-0.2, -0.15) is 0 Å². The summed E-state index contributed by atoms with van der Waals surface area (Å²) in [5.41, 5.74) is 1.04. The van der Waals surface area contributed by atoms with Crippen LogP contribution in [0.5, 0.6) is 0 Å². The summed E-state index contributed by atoms with van der Waals surface area (Å²) in [5, 5.41) is 9.85. The van der Waals surface area contributed by atoms with Crippen molar-refractivity contribution in [2.75, 3.05) is 19.3 Å². The molecule has 0 unspecified atom stereocenters. The van der Waals surface area contributed by atoms with Gasteiger partial charge >= 0.3 is 0 Å². The van der Waals surface area contributed by atoms with Gasteiger partial charge in [-0.25, -0.2) is 9.37 Å². The molecule has 0 saturated carbocycles. The zero-order chi connectivity index (χ0) is 18.1. The highest BCUT2D eigenvalue weighted by Gasteiger charge is 2.06. The first kappa shape index (κ1) is 19.7. The summed E-state index contributed by atoms with van der Waals surface area (Å²) in [7, 11) is 1.77. The Morgan fingerprint density at radius 3 is 2.68 bits per heavy atom. The largest absolute Gasteiger partial charge is 0.356 e. The highest BCUT2D eigenvalue weighted by atomic mass is 32.2. The van der Waals surface area contributed by atoms with Gasteiger partial charge in [0.15, 0.2) is 5.96 Å². The van der Waals surface area contributed by atoms with Crippen molar-refractivity contribution in [1.82, 2.24) is 15.6 Å². The molecule has 0 amide bonds. The van der Waals surface area contributed by atoms with Crippen molar-refractivity contribution < 1.29 is 4.39 Å². The van der Waals surface area contributed by atoms with Crippen LogP contribution in [-0.2, 0) is 6.54 Å². The third-order valence-corrected chi connectivity index (χ3v) is 5.71. The number of benzene rings is 1. The summed E-state index contributed by atoms with van der Waals surface area (Å²) in [6.45, 7) is 5.82. The number of guanidine groups is 1. The summed E-state index contributed by atoms with van der Waals surface area (Å²) in [6, 6.07) is 6.62. The van der Waals surface area contributed by atoms with Gasteiger partial charge in [-0.3, -0.25) is 4.99 Å². The van der Waals surface area contributed by atoms with E-state index in [9.17, 15) is 4.39 Å². The Hall–Kier alpha value is -1.60. The van der Waals surface area contributed by atoms with Crippen LogP contribution < -0.4 is 10.6 Å². The number of aliphatic imine (C=N–C) groups is 1. The van der Waals surface area contributed by atoms with Crippen molar-refractivity contribution in [2.45, 2.75) is 37.6 Å². The fraction of sp³-hybridized carbons (Fsp3) is 0.444. The Morgan fingerprint density at radius 2 is 2.04 bits per heavy atom. The minimum absolute atomic E-state index is 0.193. The van der Waals surface area contributed by atoms with Crippen molar-refractivity contribution >= 4 is 29.1 Å². The second kappa shape index (κ2) is 10.4. The number of thioether (sulfide) groups is 1. The van der Waals surface area contributed by atoms with Gasteiger partial charge in [0.2, 0.25) is 0 Å². The molecule has 136 valence electrons. The molecule has 4 nitrogen and oxygen atoms in total. The zero-order valence-corrected chi connectivity index (χ0v) is 16.5. The highest BCUT2D eigenvalue weighted by molar-refractivity contribution is 7.99. The Kier molecular flexibility index (Phi) is 8.21. The maximum atomic E-state index is 12.9. The first-order valence-corrected chi connectivity index (χ1v) is 10.2. The molecule has 2 N–H and O–H groups in total. The number of halogens is 1. The monoisotopic (exact) mass is 380 g/mol. The van der Waals surface area contributed by atoms with E-state index in [0.717, 1.165) is 40.3 Å². The molecule has 0 atom stereocenters.